The Bertz CT molecular complexity index is 669. The molecule has 116 valence electrons. The highest BCUT2D eigenvalue weighted by molar-refractivity contribution is 6.31. The lowest BCUT2D eigenvalue weighted by Crippen LogP contribution is -2.16. The number of halogens is 1. The number of carbonyl (C=O) groups excluding carboxylic acids is 1. The summed E-state index contributed by atoms with van der Waals surface area (Å²) in [7, 11) is 1.21. The van der Waals surface area contributed by atoms with Gasteiger partial charge in [-0.05, 0) is 30.2 Å². The molecule has 1 atom stereocenters. The van der Waals surface area contributed by atoms with Crippen LogP contribution < -0.4 is 4.74 Å². The van der Waals surface area contributed by atoms with Gasteiger partial charge in [0.05, 0.1) is 7.11 Å². The zero-order chi connectivity index (χ0) is 16.1. The summed E-state index contributed by atoms with van der Waals surface area (Å²) in [5.74, 6) is -0.0220. The van der Waals surface area contributed by atoms with Crippen LogP contribution in [0.1, 0.15) is 22.8 Å². The van der Waals surface area contributed by atoms with Crippen molar-refractivity contribution in [1.82, 2.24) is 0 Å². The molecule has 0 aromatic heterocycles. The Labute approximate surface area is 134 Å². The molecule has 5 heteroatoms. The molecule has 0 saturated carbocycles. The minimum absolute atomic E-state index is 0.189. The van der Waals surface area contributed by atoms with Gasteiger partial charge in [-0.25, -0.2) is 4.79 Å². The number of para-hydroxylation sites is 1. The lowest BCUT2D eigenvalue weighted by molar-refractivity contribution is -0.150. The minimum Gasteiger partial charge on any atom is -0.489 e. The van der Waals surface area contributed by atoms with E-state index < -0.39 is 12.1 Å². The molecule has 0 aliphatic heterocycles. The quantitative estimate of drug-likeness (QED) is 0.857. The lowest BCUT2D eigenvalue weighted by Gasteiger charge is -2.16. The van der Waals surface area contributed by atoms with E-state index in [4.69, 9.17) is 16.3 Å². The van der Waals surface area contributed by atoms with Crippen molar-refractivity contribution in [1.29, 1.82) is 0 Å². The van der Waals surface area contributed by atoms with E-state index in [-0.39, 0.29) is 6.61 Å². The summed E-state index contributed by atoms with van der Waals surface area (Å²) in [5.41, 5.74) is 1.94. The van der Waals surface area contributed by atoms with Gasteiger partial charge in [-0.3, -0.25) is 0 Å². The highest BCUT2D eigenvalue weighted by atomic mass is 35.5. The van der Waals surface area contributed by atoms with E-state index in [2.05, 4.69) is 4.74 Å². The zero-order valence-corrected chi connectivity index (χ0v) is 13.1. The van der Waals surface area contributed by atoms with Crippen LogP contribution in [0, 0.1) is 6.92 Å². The van der Waals surface area contributed by atoms with Gasteiger partial charge >= 0.3 is 5.97 Å². The largest absolute Gasteiger partial charge is 0.489 e. The van der Waals surface area contributed by atoms with Crippen LogP contribution in [0.15, 0.2) is 42.5 Å². The Hall–Kier alpha value is -2.04. The fraction of sp³-hybridized carbons (Fsp3) is 0.235. The van der Waals surface area contributed by atoms with E-state index in [1.807, 2.05) is 31.2 Å². The van der Waals surface area contributed by atoms with Gasteiger partial charge in [-0.2, -0.15) is 0 Å². The second-order valence-electron chi connectivity index (χ2n) is 4.79. The van der Waals surface area contributed by atoms with Gasteiger partial charge in [0, 0.05) is 10.6 Å². The number of esters is 1. The maximum atomic E-state index is 11.6. The molecule has 4 nitrogen and oxygen atoms in total. The zero-order valence-electron chi connectivity index (χ0n) is 12.4. The topological polar surface area (TPSA) is 55.8 Å². The third-order valence-corrected chi connectivity index (χ3v) is 3.65. The Morgan fingerprint density at radius 2 is 1.95 bits per heavy atom. The van der Waals surface area contributed by atoms with Gasteiger partial charge in [0.25, 0.3) is 0 Å². The predicted octanol–water partition coefficient (Wildman–Crippen LogP) is 3.43. The summed E-state index contributed by atoms with van der Waals surface area (Å²) in [6.07, 6.45) is -1.44. The average molecular weight is 321 g/mol. The first-order valence-corrected chi connectivity index (χ1v) is 7.14. The molecule has 2 aromatic rings. The van der Waals surface area contributed by atoms with Crippen LogP contribution in [0.25, 0.3) is 0 Å². The second-order valence-corrected chi connectivity index (χ2v) is 5.20. The maximum absolute atomic E-state index is 11.6. The third kappa shape index (κ3) is 3.59. The monoisotopic (exact) mass is 320 g/mol. The van der Waals surface area contributed by atoms with E-state index in [9.17, 15) is 9.90 Å². The number of benzene rings is 2. The number of ether oxygens (including phenoxy) is 2. The highest BCUT2D eigenvalue weighted by Crippen LogP contribution is 2.29. The molecule has 0 heterocycles. The molecular weight excluding hydrogens is 304 g/mol. The van der Waals surface area contributed by atoms with Gasteiger partial charge < -0.3 is 14.6 Å². The number of hydrogen-bond acceptors (Lipinski definition) is 4. The molecule has 0 spiro atoms. The van der Waals surface area contributed by atoms with Gasteiger partial charge in [-0.15, -0.1) is 0 Å². The molecule has 0 fully saturated rings. The van der Waals surface area contributed by atoms with Gasteiger partial charge in [0.15, 0.2) is 6.10 Å². The summed E-state index contributed by atoms with van der Waals surface area (Å²) < 4.78 is 10.3. The van der Waals surface area contributed by atoms with Crippen molar-refractivity contribution in [3.8, 4) is 5.75 Å². The molecule has 1 N–H and O–H groups in total. The van der Waals surface area contributed by atoms with E-state index in [1.54, 1.807) is 18.2 Å². The van der Waals surface area contributed by atoms with Crippen molar-refractivity contribution in [3.63, 3.8) is 0 Å². The van der Waals surface area contributed by atoms with Crippen LogP contribution in [0.4, 0.5) is 0 Å². The molecule has 22 heavy (non-hydrogen) atoms. The van der Waals surface area contributed by atoms with Crippen molar-refractivity contribution in [3.05, 3.63) is 64.2 Å². The number of rotatable bonds is 5. The fourth-order valence-corrected chi connectivity index (χ4v) is 2.41. The second kappa shape index (κ2) is 7.29. The maximum Gasteiger partial charge on any atom is 0.339 e. The van der Waals surface area contributed by atoms with Gasteiger partial charge in [0.2, 0.25) is 0 Å². The van der Waals surface area contributed by atoms with Crippen molar-refractivity contribution >= 4 is 17.6 Å². The molecule has 0 bridgehead atoms. The van der Waals surface area contributed by atoms with Crippen molar-refractivity contribution in [2.45, 2.75) is 19.6 Å². The summed E-state index contributed by atoms with van der Waals surface area (Å²) in [6, 6.07) is 12.7. The van der Waals surface area contributed by atoms with Crippen LogP contribution in [0.2, 0.25) is 5.02 Å². The number of carbonyl (C=O) groups is 1. The molecule has 1 unspecified atom stereocenters. The third-order valence-electron chi connectivity index (χ3n) is 3.32. The van der Waals surface area contributed by atoms with Crippen LogP contribution in [-0.4, -0.2) is 18.2 Å². The average Bonchev–Trinajstić information content (AvgIpc) is 2.52. The van der Waals surface area contributed by atoms with E-state index in [0.29, 0.717) is 16.1 Å². The summed E-state index contributed by atoms with van der Waals surface area (Å²) in [5, 5.41) is 10.4. The standard InChI is InChI=1S/C17H17ClO4/c1-11-6-3-4-9-14(11)22-10-12-7-5-8-13(18)15(12)16(19)17(20)21-2/h3-9,16,19H,10H2,1-2H3. The van der Waals surface area contributed by atoms with Crippen molar-refractivity contribution in [2.24, 2.45) is 0 Å². The molecule has 2 rings (SSSR count). The number of aliphatic hydroxyl groups excluding tert-OH is 1. The normalized spacial score (nSPS) is 11.8. The van der Waals surface area contributed by atoms with Crippen LogP contribution in [0.3, 0.4) is 0 Å². The first kappa shape index (κ1) is 16.3. The summed E-state index contributed by atoms with van der Waals surface area (Å²) in [6.45, 7) is 2.13. The molecular formula is C17H17ClO4. The Morgan fingerprint density at radius 3 is 2.64 bits per heavy atom. The van der Waals surface area contributed by atoms with E-state index >= 15 is 0 Å². The van der Waals surface area contributed by atoms with Gasteiger partial charge in [0.1, 0.15) is 12.4 Å². The Balaban J connectivity index is 2.26. The number of hydrogen-bond donors (Lipinski definition) is 1. The minimum atomic E-state index is -1.44. The van der Waals surface area contributed by atoms with E-state index in [0.717, 1.165) is 11.3 Å². The van der Waals surface area contributed by atoms with Crippen molar-refractivity contribution in [2.75, 3.05) is 7.11 Å². The number of aryl methyl sites for hydroxylation is 1. The van der Waals surface area contributed by atoms with Crippen LogP contribution in [-0.2, 0) is 16.1 Å². The molecule has 0 radical (unpaired) electrons. The Kier molecular flexibility index (Phi) is 5.41. The highest BCUT2D eigenvalue weighted by Gasteiger charge is 2.24. The summed E-state index contributed by atoms with van der Waals surface area (Å²) >= 11 is 6.11. The molecule has 0 aliphatic rings. The Morgan fingerprint density at radius 1 is 1.23 bits per heavy atom. The fourth-order valence-electron chi connectivity index (χ4n) is 2.12. The van der Waals surface area contributed by atoms with E-state index in [1.165, 1.54) is 7.11 Å². The first-order chi connectivity index (χ1) is 10.5. The number of methoxy groups -OCH3 is 1. The first-order valence-electron chi connectivity index (χ1n) is 6.76. The smallest absolute Gasteiger partial charge is 0.339 e. The van der Waals surface area contributed by atoms with Crippen LogP contribution >= 0.6 is 11.6 Å². The van der Waals surface area contributed by atoms with Gasteiger partial charge in [-0.1, -0.05) is 41.9 Å². The van der Waals surface area contributed by atoms with Crippen molar-refractivity contribution < 1.29 is 19.4 Å². The number of aliphatic hydroxyl groups is 1. The predicted molar refractivity (Wildman–Crippen MR) is 83.9 cm³/mol. The SMILES string of the molecule is COC(=O)C(O)c1c(Cl)cccc1COc1ccccc1C. The molecule has 0 amide bonds. The lowest BCUT2D eigenvalue weighted by atomic mass is 10.0. The molecule has 2 aromatic carbocycles. The van der Waals surface area contributed by atoms with Crippen LogP contribution in [0.5, 0.6) is 5.75 Å². The molecule has 0 saturated heterocycles. The molecule has 0 aliphatic carbocycles. The summed E-state index contributed by atoms with van der Waals surface area (Å²) in [4.78, 5) is 11.6.